The molecular weight excluding hydrogens is 862 g/mol. The predicted molar refractivity (Wildman–Crippen MR) is 201 cm³/mol. The van der Waals surface area contributed by atoms with Gasteiger partial charge in [0.1, 0.15) is 41.8 Å². The van der Waals surface area contributed by atoms with Gasteiger partial charge in [-0.15, -0.1) is 5.11 Å². The van der Waals surface area contributed by atoms with Crippen molar-refractivity contribution in [3.8, 4) is 11.1 Å². The summed E-state index contributed by atoms with van der Waals surface area (Å²) in [6.45, 7) is 0. The second-order valence-electron chi connectivity index (χ2n) is 11.7. The van der Waals surface area contributed by atoms with E-state index in [4.69, 9.17) is 11.5 Å². The molecule has 2 aliphatic carbocycles. The number of carbonyl (C=O) groups excluding carboxylic acids is 2. The van der Waals surface area contributed by atoms with E-state index in [0.29, 0.717) is 11.8 Å². The van der Waals surface area contributed by atoms with Crippen LogP contribution in [0.2, 0.25) is 0 Å². The first kappa shape index (κ1) is 49.7. The summed E-state index contributed by atoms with van der Waals surface area (Å²) in [4.78, 5) is 21.9. The number of fused-ring (bicyclic) bond motifs is 1. The minimum atomic E-state index is -5.44. The number of carbonyl (C=O) groups is 2. The van der Waals surface area contributed by atoms with Crippen molar-refractivity contribution >= 4 is 93.5 Å². The summed E-state index contributed by atoms with van der Waals surface area (Å²) < 4.78 is 111. The number of hydrazone groups is 2. The normalized spacial score (nSPS) is 14.5. The van der Waals surface area contributed by atoms with Crippen molar-refractivity contribution in [2.45, 2.75) is 9.79 Å². The maximum Gasteiger partial charge on any atom is 1.00 e. The number of nitrogens with one attached hydrogen (secondary N) is 2. The van der Waals surface area contributed by atoms with Gasteiger partial charge in [-0.3, -0.25) is 20.4 Å². The van der Waals surface area contributed by atoms with Gasteiger partial charge in [0.2, 0.25) is 5.78 Å². The molecule has 0 radical (unpaired) electrons. The molecule has 4 aromatic carbocycles. The van der Waals surface area contributed by atoms with E-state index in [2.05, 4.69) is 31.3 Å². The molecule has 6 N–H and O–H groups in total. The van der Waals surface area contributed by atoms with Crippen molar-refractivity contribution in [1.82, 2.24) is 0 Å². The van der Waals surface area contributed by atoms with Crippen molar-refractivity contribution < 1.29 is 137 Å². The van der Waals surface area contributed by atoms with Crippen LogP contribution in [0.25, 0.3) is 17.2 Å². The zero-order chi connectivity index (χ0) is 40.6. The van der Waals surface area contributed by atoms with Crippen molar-refractivity contribution in [1.29, 1.82) is 0 Å². The largest absolute Gasteiger partial charge is 1.00 e. The summed E-state index contributed by atoms with van der Waals surface area (Å²) in [5.41, 5.74) is 15.2. The second kappa shape index (κ2) is 19.8. The van der Waals surface area contributed by atoms with E-state index in [9.17, 15) is 48.5 Å². The van der Waals surface area contributed by atoms with Crippen LogP contribution in [-0.4, -0.2) is 61.9 Å². The Morgan fingerprint density at radius 2 is 1.14 bits per heavy atom. The van der Waals surface area contributed by atoms with E-state index >= 15 is 0 Å². The Hall–Kier alpha value is -3.69. The third-order valence-corrected chi connectivity index (χ3v) is 10.5. The summed E-state index contributed by atoms with van der Waals surface area (Å²) in [5, 5.41) is 15.8. The smallest absolute Gasteiger partial charge is 0.744 e. The van der Waals surface area contributed by atoms with E-state index < -0.39 is 67.7 Å². The first-order chi connectivity index (χ1) is 26.3. The standard InChI is InChI=1S/C34H26N8O11S3.3Na/c35-19-2-12-29(28(36)14-19)41-39-21-3-1-18-13-32(56(51,52)53)33(34(44)27(18)15-21)42-40-23-7-11-26(31(17-23)55(48,49)50)25-10-6-22(16-30(25)54(45,46)47)38-37-20-4-8-24(43)9-5-20;;;/h1-17,38,40H,35-36H2,(H,45,46,47)(H,48,49,50)(H,51,52,53);;;/q;3*+1/p-3/b41-39?,42-33-;;;. The molecule has 0 unspecified atom stereocenters. The van der Waals surface area contributed by atoms with Crippen molar-refractivity contribution in [3.05, 3.63) is 113 Å². The second-order valence-corrected chi connectivity index (χ2v) is 15.7. The zero-order valence-electron chi connectivity index (χ0n) is 31.0. The molecule has 0 spiro atoms. The number of benzene rings is 4. The molecule has 286 valence electrons. The Morgan fingerprint density at radius 1 is 0.576 bits per heavy atom. The van der Waals surface area contributed by atoms with Gasteiger partial charge in [0.25, 0.3) is 0 Å². The maximum absolute atomic E-state index is 13.6. The minimum absolute atomic E-state index is 0. The molecule has 0 heterocycles. The summed E-state index contributed by atoms with van der Waals surface area (Å²) >= 11 is 0. The van der Waals surface area contributed by atoms with Crippen LogP contribution in [0.15, 0.2) is 132 Å². The van der Waals surface area contributed by atoms with Crippen LogP contribution >= 0.6 is 0 Å². The van der Waals surface area contributed by atoms with Crippen LogP contribution in [-0.2, 0) is 35.1 Å². The fourth-order valence-electron chi connectivity index (χ4n) is 5.26. The molecule has 19 nitrogen and oxygen atoms in total. The Labute approximate surface area is 403 Å². The van der Waals surface area contributed by atoms with Crippen LogP contribution < -0.4 is 111 Å². The molecule has 0 atom stereocenters. The Balaban J connectivity index is 0.00000310. The van der Waals surface area contributed by atoms with Gasteiger partial charge in [-0.25, -0.2) is 25.3 Å². The van der Waals surface area contributed by atoms with E-state index in [-0.39, 0.29) is 140 Å². The number of nitrogen functional groups attached to an aromatic ring is 2. The third kappa shape index (κ3) is 12.0. The topological polar surface area (TPSA) is 331 Å². The van der Waals surface area contributed by atoms with Gasteiger partial charge in [-0.05, 0) is 90.5 Å². The molecule has 25 heteroatoms. The van der Waals surface area contributed by atoms with Crippen LogP contribution in [0.4, 0.5) is 34.1 Å². The third-order valence-electron chi connectivity index (χ3n) is 7.85. The van der Waals surface area contributed by atoms with Crippen LogP contribution in [0, 0.1) is 0 Å². The molecule has 6 rings (SSSR count). The summed E-state index contributed by atoms with van der Waals surface area (Å²) in [7, 11) is -16.1. The van der Waals surface area contributed by atoms with Crippen LogP contribution in [0.5, 0.6) is 0 Å². The number of nitrogens with zero attached hydrogens (tertiary/aromatic N) is 4. The molecule has 0 aliphatic heterocycles. The van der Waals surface area contributed by atoms with Gasteiger partial charge >= 0.3 is 88.7 Å². The number of hydrogen-bond acceptors (Lipinski definition) is 19. The number of hydrogen-bond donors (Lipinski definition) is 4. The molecule has 4 aromatic rings. The number of ketones is 2. The van der Waals surface area contributed by atoms with Gasteiger partial charge in [-0.1, -0.05) is 18.2 Å². The van der Waals surface area contributed by atoms with Crippen molar-refractivity contribution in [2.24, 2.45) is 20.4 Å². The fourth-order valence-corrected chi connectivity index (χ4v) is 7.35. The number of allylic oxidation sites excluding steroid dienone is 5. The van der Waals surface area contributed by atoms with Gasteiger partial charge in [0.05, 0.1) is 43.2 Å². The first-order valence-corrected chi connectivity index (χ1v) is 19.7. The Bertz CT molecular complexity index is 2900. The van der Waals surface area contributed by atoms with E-state index in [1.807, 2.05) is 0 Å². The molecule has 59 heavy (non-hydrogen) atoms. The first-order valence-electron chi connectivity index (χ1n) is 15.5. The average Bonchev–Trinajstić information content (AvgIpc) is 3.12. The fraction of sp³-hybridized carbons (Fsp3) is 0. The van der Waals surface area contributed by atoms with Crippen LogP contribution in [0.3, 0.4) is 0 Å². The van der Waals surface area contributed by atoms with Gasteiger partial charge in [0.15, 0.2) is 5.78 Å². The van der Waals surface area contributed by atoms with Crippen LogP contribution in [0.1, 0.15) is 15.9 Å². The molecule has 0 bridgehead atoms. The van der Waals surface area contributed by atoms with Gasteiger partial charge < -0.3 is 25.1 Å². The molecule has 0 saturated heterocycles. The molecular formula is C34H23N8Na3O11S3. The molecule has 0 amide bonds. The Morgan fingerprint density at radius 3 is 1.66 bits per heavy atom. The van der Waals surface area contributed by atoms with Gasteiger partial charge in [0, 0.05) is 22.4 Å². The van der Waals surface area contributed by atoms with Crippen molar-refractivity contribution in [2.75, 3.05) is 22.3 Å². The summed E-state index contributed by atoms with van der Waals surface area (Å²) in [5.74, 6) is -1.34. The average molecular weight is 885 g/mol. The number of Topliss-reactive ketones (excluding diaryl/α,β-unsaturated/α-hetero) is 1. The number of nitrogens with two attached hydrogens (primary N) is 2. The molecule has 0 aromatic heterocycles. The number of rotatable bonds is 10. The quantitative estimate of drug-likeness (QED) is 0.0289. The predicted octanol–water partition coefficient (Wildman–Crippen LogP) is -5.23. The SMILES string of the molecule is Nc1ccc(N=Nc2ccc3c(c2)C(=O)/C(=N\Nc2ccc(-c4ccc(NN=C5C=CC(=O)C=C5)cc4S(=O)(=O)[O-])c(S(=O)(=O)[O-])c2)C(S(=O)(=O)[O-])=C3)c(N)c1.[Na+].[Na+].[Na+]. The summed E-state index contributed by atoms with van der Waals surface area (Å²) in [6, 6.07) is 14.3. The number of azo groups is 1. The minimum Gasteiger partial charge on any atom is -0.744 e. The molecule has 2 aliphatic rings. The van der Waals surface area contributed by atoms with E-state index in [1.54, 1.807) is 0 Å². The van der Waals surface area contributed by atoms with Gasteiger partial charge in [-0.2, -0.15) is 15.3 Å². The monoisotopic (exact) mass is 884 g/mol. The number of anilines is 4. The zero-order valence-corrected chi connectivity index (χ0v) is 39.4. The Kier molecular flexibility index (Phi) is 16.7. The van der Waals surface area contributed by atoms with E-state index in [1.165, 1.54) is 66.8 Å². The van der Waals surface area contributed by atoms with E-state index in [0.717, 1.165) is 30.3 Å². The molecule has 0 fully saturated rings. The van der Waals surface area contributed by atoms with Crippen molar-refractivity contribution in [3.63, 3.8) is 0 Å². The molecule has 0 saturated carbocycles. The maximum atomic E-state index is 13.6. The summed E-state index contributed by atoms with van der Waals surface area (Å²) in [6.07, 6.45) is 6.09.